The molecule has 0 saturated carbocycles. The van der Waals surface area contributed by atoms with Gasteiger partial charge in [-0.25, -0.2) is 0 Å². The molecule has 2 rings (SSSR count). The van der Waals surface area contributed by atoms with Crippen molar-refractivity contribution in [3.63, 3.8) is 0 Å². The minimum Gasteiger partial charge on any atom is -0.484 e. The molecule has 1 fully saturated rings. The van der Waals surface area contributed by atoms with Gasteiger partial charge in [0.2, 0.25) is 0 Å². The van der Waals surface area contributed by atoms with Crippen molar-refractivity contribution in [1.82, 2.24) is 4.90 Å². The van der Waals surface area contributed by atoms with E-state index in [9.17, 15) is 4.79 Å². The Morgan fingerprint density at radius 1 is 1.60 bits per heavy atom. The Bertz CT molecular complexity index is 465. The Morgan fingerprint density at radius 2 is 2.40 bits per heavy atom. The molecule has 1 aliphatic rings. The zero-order valence-electron chi connectivity index (χ0n) is 11.7. The fourth-order valence-electron chi connectivity index (χ4n) is 2.46. The molecular weight excluding hydrogens is 320 g/mol. The molecule has 0 aromatic heterocycles. The predicted octanol–water partition coefficient (Wildman–Crippen LogP) is 2.41. The molecule has 0 spiro atoms. The van der Waals surface area contributed by atoms with E-state index in [2.05, 4.69) is 15.9 Å². The van der Waals surface area contributed by atoms with Crippen LogP contribution in [0.15, 0.2) is 28.7 Å². The van der Waals surface area contributed by atoms with E-state index in [-0.39, 0.29) is 18.6 Å². The van der Waals surface area contributed by atoms with E-state index >= 15 is 0 Å². The Hall–Kier alpha value is -1.07. The van der Waals surface area contributed by atoms with Crippen LogP contribution < -0.4 is 10.5 Å². The van der Waals surface area contributed by atoms with Gasteiger partial charge < -0.3 is 15.4 Å². The van der Waals surface area contributed by atoms with Crippen molar-refractivity contribution in [3.05, 3.63) is 28.7 Å². The first-order chi connectivity index (χ1) is 9.56. The number of nitrogens with zero attached hydrogens (tertiary/aromatic N) is 1. The summed E-state index contributed by atoms with van der Waals surface area (Å²) in [4.78, 5) is 14.0. The summed E-state index contributed by atoms with van der Waals surface area (Å²) in [7, 11) is 0. The summed E-state index contributed by atoms with van der Waals surface area (Å²) in [6.07, 6.45) is 2.13. The highest BCUT2D eigenvalue weighted by Gasteiger charge is 2.25. The molecule has 1 heterocycles. The van der Waals surface area contributed by atoms with Crippen LogP contribution in [0.5, 0.6) is 5.75 Å². The van der Waals surface area contributed by atoms with E-state index in [1.807, 2.05) is 36.1 Å². The van der Waals surface area contributed by atoms with Gasteiger partial charge in [0, 0.05) is 23.6 Å². The van der Waals surface area contributed by atoms with Crippen molar-refractivity contribution >= 4 is 21.8 Å². The third-order valence-electron chi connectivity index (χ3n) is 3.71. The molecule has 0 unspecified atom stereocenters. The van der Waals surface area contributed by atoms with Gasteiger partial charge in [-0.05, 0) is 43.9 Å². The molecule has 1 aromatic rings. The molecule has 4 nitrogen and oxygen atoms in total. The summed E-state index contributed by atoms with van der Waals surface area (Å²) in [6.45, 7) is 3.65. The highest BCUT2D eigenvalue weighted by molar-refractivity contribution is 9.10. The smallest absolute Gasteiger partial charge is 0.260 e. The van der Waals surface area contributed by atoms with Crippen molar-refractivity contribution in [1.29, 1.82) is 0 Å². The highest BCUT2D eigenvalue weighted by atomic mass is 79.9. The molecule has 0 radical (unpaired) electrons. The van der Waals surface area contributed by atoms with E-state index in [0.717, 1.165) is 30.4 Å². The molecule has 20 heavy (non-hydrogen) atoms. The van der Waals surface area contributed by atoms with E-state index in [4.69, 9.17) is 10.5 Å². The molecule has 1 saturated heterocycles. The number of likely N-dealkylation sites (tertiary alicyclic amines) is 1. The number of carbonyl (C=O) groups is 1. The summed E-state index contributed by atoms with van der Waals surface area (Å²) >= 11 is 3.38. The van der Waals surface area contributed by atoms with Crippen LogP contribution in [0.3, 0.4) is 0 Å². The molecular formula is C15H21BrN2O2. The predicted molar refractivity (Wildman–Crippen MR) is 82.6 cm³/mol. The Balaban J connectivity index is 1.85. The quantitative estimate of drug-likeness (QED) is 0.915. The molecule has 0 bridgehead atoms. The molecule has 1 amide bonds. The third-order valence-corrected chi connectivity index (χ3v) is 4.21. The number of benzene rings is 1. The van der Waals surface area contributed by atoms with Gasteiger partial charge in [-0.2, -0.15) is 0 Å². The second-order valence-corrected chi connectivity index (χ2v) is 6.26. The van der Waals surface area contributed by atoms with Crippen LogP contribution >= 0.6 is 15.9 Å². The number of amides is 1. The van der Waals surface area contributed by atoms with Gasteiger partial charge in [0.1, 0.15) is 5.75 Å². The highest BCUT2D eigenvalue weighted by Crippen LogP contribution is 2.20. The third kappa shape index (κ3) is 4.21. The first kappa shape index (κ1) is 15.3. The Morgan fingerprint density at radius 3 is 3.10 bits per heavy atom. The van der Waals surface area contributed by atoms with Crippen molar-refractivity contribution in [2.24, 2.45) is 11.7 Å². The molecule has 5 heteroatoms. The molecule has 110 valence electrons. The second-order valence-electron chi connectivity index (χ2n) is 5.35. The van der Waals surface area contributed by atoms with Crippen LogP contribution in [0.25, 0.3) is 0 Å². The number of hydrogen-bond acceptors (Lipinski definition) is 3. The number of hydrogen-bond donors (Lipinski definition) is 1. The van der Waals surface area contributed by atoms with Crippen LogP contribution in [-0.4, -0.2) is 36.5 Å². The largest absolute Gasteiger partial charge is 0.484 e. The van der Waals surface area contributed by atoms with Gasteiger partial charge in [0.05, 0.1) is 0 Å². The molecule has 2 atom stereocenters. The maximum absolute atomic E-state index is 12.2. The molecule has 0 aliphatic carbocycles. The van der Waals surface area contributed by atoms with Crippen molar-refractivity contribution < 1.29 is 9.53 Å². The zero-order valence-corrected chi connectivity index (χ0v) is 13.3. The summed E-state index contributed by atoms with van der Waals surface area (Å²) in [5, 5.41) is 0. The maximum atomic E-state index is 12.2. The molecule has 1 aliphatic heterocycles. The fourth-order valence-corrected chi connectivity index (χ4v) is 2.84. The number of ether oxygens (including phenoxy) is 1. The fraction of sp³-hybridized carbons (Fsp3) is 0.533. The summed E-state index contributed by atoms with van der Waals surface area (Å²) in [5.41, 5.74) is 5.94. The minimum atomic E-state index is 0.0373. The standard InChI is InChI=1S/C15H21BrN2O2/c1-11(17)12-4-3-7-18(9-12)15(19)10-20-14-6-2-5-13(16)8-14/h2,5-6,8,11-12H,3-4,7,9-10,17H2,1H3/t11-,12-/m0/s1. The Kier molecular flexibility index (Phi) is 5.43. The van der Waals surface area contributed by atoms with E-state index < -0.39 is 0 Å². The number of carbonyl (C=O) groups excluding carboxylic acids is 1. The lowest BCUT2D eigenvalue weighted by Gasteiger charge is -2.34. The topological polar surface area (TPSA) is 55.6 Å². The first-order valence-electron chi connectivity index (χ1n) is 6.98. The average Bonchev–Trinajstić information content (AvgIpc) is 2.45. The summed E-state index contributed by atoms with van der Waals surface area (Å²) in [6, 6.07) is 7.65. The van der Waals surface area contributed by atoms with E-state index in [0.29, 0.717) is 11.7 Å². The van der Waals surface area contributed by atoms with E-state index in [1.54, 1.807) is 0 Å². The minimum absolute atomic E-state index is 0.0373. The lowest BCUT2D eigenvalue weighted by Crippen LogP contribution is -2.46. The van der Waals surface area contributed by atoms with Gasteiger partial charge >= 0.3 is 0 Å². The lowest BCUT2D eigenvalue weighted by atomic mass is 9.92. The van der Waals surface area contributed by atoms with Crippen LogP contribution in [0.2, 0.25) is 0 Å². The number of halogens is 1. The van der Waals surface area contributed by atoms with Gasteiger partial charge in [-0.1, -0.05) is 22.0 Å². The van der Waals surface area contributed by atoms with E-state index in [1.165, 1.54) is 0 Å². The Labute approximate surface area is 128 Å². The number of rotatable bonds is 4. The normalized spacial score (nSPS) is 20.6. The average molecular weight is 341 g/mol. The number of piperidine rings is 1. The maximum Gasteiger partial charge on any atom is 0.260 e. The van der Waals surface area contributed by atoms with Crippen LogP contribution in [0.1, 0.15) is 19.8 Å². The SMILES string of the molecule is C[C@H](N)[C@H]1CCCN(C(=O)COc2cccc(Br)c2)C1. The van der Waals surface area contributed by atoms with Crippen molar-refractivity contribution in [2.45, 2.75) is 25.8 Å². The van der Waals surface area contributed by atoms with Crippen molar-refractivity contribution in [2.75, 3.05) is 19.7 Å². The zero-order chi connectivity index (χ0) is 14.5. The van der Waals surface area contributed by atoms with Crippen LogP contribution in [-0.2, 0) is 4.79 Å². The molecule has 2 N–H and O–H groups in total. The second kappa shape index (κ2) is 7.09. The monoisotopic (exact) mass is 340 g/mol. The van der Waals surface area contributed by atoms with Gasteiger partial charge in [-0.15, -0.1) is 0 Å². The summed E-state index contributed by atoms with van der Waals surface area (Å²) in [5.74, 6) is 1.14. The van der Waals surface area contributed by atoms with Gasteiger partial charge in [-0.3, -0.25) is 4.79 Å². The van der Waals surface area contributed by atoms with Crippen LogP contribution in [0.4, 0.5) is 0 Å². The van der Waals surface area contributed by atoms with Crippen molar-refractivity contribution in [3.8, 4) is 5.75 Å². The van der Waals surface area contributed by atoms with Gasteiger partial charge in [0.15, 0.2) is 6.61 Å². The first-order valence-corrected chi connectivity index (χ1v) is 7.77. The summed E-state index contributed by atoms with van der Waals surface area (Å²) < 4.78 is 6.49. The van der Waals surface area contributed by atoms with Crippen LogP contribution in [0, 0.1) is 5.92 Å². The number of nitrogens with two attached hydrogens (primary N) is 1. The lowest BCUT2D eigenvalue weighted by molar-refractivity contribution is -0.135. The van der Waals surface area contributed by atoms with Gasteiger partial charge in [0.25, 0.3) is 5.91 Å². The molecule has 1 aromatic carbocycles.